The van der Waals surface area contributed by atoms with Crippen molar-refractivity contribution in [2.24, 2.45) is 4.99 Å². The zero-order valence-electron chi connectivity index (χ0n) is 19.3. The molecule has 1 saturated heterocycles. The molecule has 0 bridgehead atoms. The number of aromatic hydroxyl groups is 1. The first-order chi connectivity index (χ1) is 16.0. The average molecular weight is 486 g/mol. The van der Waals surface area contributed by atoms with E-state index in [0.29, 0.717) is 56.0 Å². The van der Waals surface area contributed by atoms with Gasteiger partial charge in [-0.25, -0.2) is 0 Å². The number of carbonyl (C=O) groups is 1. The van der Waals surface area contributed by atoms with Gasteiger partial charge in [-0.3, -0.25) is 4.99 Å². The average Bonchev–Trinajstić information content (AvgIpc) is 3.23. The van der Waals surface area contributed by atoms with Gasteiger partial charge >= 0.3 is 0 Å². The number of carboxylic acid groups (broad SMARTS) is 1. The number of nitrogens with zero attached hydrogens (tertiary/aromatic N) is 1. The van der Waals surface area contributed by atoms with Crippen LogP contribution in [-0.2, 0) is 19.0 Å². The number of benzene rings is 1. The van der Waals surface area contributed by atoms with Gasteiger partial charge in [0.15, 0.2) is 0 Å². The van der Waals surface area contributed by atoms with Gasteiger partial charge in [-0.05, 0) is 19.1 Å². The Labute approximate surface area is 199 Å². The molecule has 1 aromatic rings. The summed E-state index contributed by atoms with van der Waals surface area (Å²) < 4.78 is 21.0. The first-order valence-electron chi connectivity index (χ1n) is 11.0. The lowest BCUT2D eigenvalue weighted by Gasteiger charge is -2.19. The lowest BCUT2D eigenvalue weighted by atomic mass is 10.1. The molecule has 33 heavy (non-hydrogen) atoms. The topological polar surface area (TPSA) is 138 Å². The maximum Gasteiger partial charge on any atom is 0.129 e. The van der Waals surface area contributed by atoms with E-state index in [9.17, 15) is 15.0 Å². The molecule has 2 heterocycles. The molecule has 0 unspecified atom stereocenters. The first-order valence-corrected chi connectivity index (χ1v) is 12.0. The van der Waals surface area contributed by atoms with Crippen molar-refractivity contribution in [3.63, 3.8) is 0 Å². The molecule has 2 aliphatic heterocycles. The largest absolute Gasteiger partial charge is 0.547 e. The number of carboxylic acids is 1. The van der Waals surface area contributed by atoms with Crippen molar-refractivity contribution in [3.05, 3.63) is 23.8 Å². The molecule has 0 radical (unpaired) electrons. The normalized spacial score (nSPS) is 20.0. The molecule has 0 saturated carbocycles. The highest BCUT2D eigenvalue weighted by Gasteiger charge is 2.33. The van der Waals surface area contributed by atoms with Crippen LogP contribution in [0.5, 0.6) is 11.5 Å². The van der Waals surface area contributed by atoms with Gasteiger partial charge in [0.2, 0.25) is 0 Å². The van der Waals surface area contributed by atoms with Gasteiger partial charge in [0.25, 0.3) is 0 Å². The summed E-state index contributed by atoms with van der Waals surface area (Å²) in [4.78, 5) is 15.3. The monoisotopic (exact) mass is 485 g/mol. The minimum Gasteiger partial charge on any atom is -0.547 e. The molecule has 10 nitrogen and oxygen atoms in total. The Bertz CT molecular complexity index is 750. The third-order valence-electron chi connectivity index (χ3n) is 4.83. The SMILES string of the molecule is C1C[NH2+]CCN1.COCCOCCOCCOc1ccc(C2=N[C@@](C)(C(=O)[O-])CS2)c(O)c1. The summed E-state index contributed by atoms with van der Waals surface area (Å²) in [5, 5.41) is 27.4. The summed E-state index contributed by atoms with van der Waals surface area (Å²) in [6.45, 7) is 9.18. The standard InChI is InChI=1S/C18H25NO7S.C4H10N2/c1-18(17(21)22)12-27-16(19-18)14-4-3-13(11-15(14)20)26-10-9-25-8-7-24-6-5-23-2;1-2-6-4-3-5-1/h3-4,11,20H,5-10,12H2,1-2H3,(H,21,22);5-6H,1-4H2/t18-;/m1./s1. The van der Waals surface area contributed by atoms with E-state index < -0.39 is 11.5 Å². The number of aliphatic carboxylic acids is 1. The quantitative estimate of drug-likeness (QED) is 0.305. The van der Waals surface area contributed by atoms with Crippen molar-refractivity contribution < 1.29 is 39.3 Å². The number of hydrogen-bond acceptors (Lipinski definition) is 10. The fourth-order valence-electron chi connectivity index (χ4n) is 2.88. The summed E-state index contributed by atoms with van der Waals surface area (Å²) in [5.74, 6) is -0.487. The van der Waals surface area contributed by atoms with Gasteiger partial charge in [-0.15, -0.1) is 11.8 Å². The van der Waals surface area contributed by atoms with Gasteiger partial charge in [-0.2, -0.15) is 0 Å². The summed E-state index contributed by atoms with van der Waals surface area (Å²) >= 11 is 1.27. The Hall–Kier alpha value is -1.89. The van der Waals surface area contributed by atoms with E-state index in [-0.39, 0.29) is 11.5 Å². The number of carbonyl (C=O) groups excluding carboxylic acids is 1. The molecule has 11 heteroatoms. The number of rotatable bonds is 12. The third-order valence-corrected chi connectivity index (χ3v) is 6.12. The van der Waals surface area contributed by atoms with Crippen LogP contribution in [0.15, 0.2) is 23.2 Å². The Balaban J connectivity index is 0.000000554. The molecular formula is C22H35N3O7S. The number of aliphatic imine (C=N–C) groups is 1. The molecule has 0 aliphatic carbocycles. The summed E-state index contributed by atoms with van der Waals surface area (Å²) in [7, 11) is 1.62. The lowest BCUT2D eigenvalue weighted by molar-refractivity contribution is -0.657. The number of phenols is 1. The smallest absolute Gasteiger partial charge is 0.129 e. The molecule has 1 fully saturated rings. The molecule has 186 valence electrons. The van der Waals surface area contributed by atoms with Crippen LogP contribution in [0.1, 0.15) is 12.5 Å². The zero-order chi connectivity index (χ0) is 23.9. The van der Waals surface area contributed by atoms with Crippen molar-refractivity contribution in [1.82, 2.24) is 5.32 Å². The van der Waals surface area contributed by atoms with E-state index in [1.54, 1.807) is 19.2 Å². The molecule has 1 atom stereocenters. The van der Waals surface area contributed by atoms with Crippen LogP contribution in [0.25, 0.3) is 0 Å². The van der Waals surface area contributed by atoms with Crippen molar-refractivity contribution in [3.8, 4) is 11.5 Å². The number of methoxy groups -OCH3 is 1. The van der Waals surface area contributed by atoms with E-state index >= 15 is 0 Å². The van der Waals surface area contributed by atoms with Crippen molar-refractivity contribution in [2.45, 2.75) is 12.5 Å². The fourth-order valence-corrected chi connectivity index (χ4v) is 4.08. The highest BCUT2D eigenvalue weighted by Crippen LogP contribution is 2.35. The van der Waals surface area contributed by atoms with Gasteiger partial charge in [0.1, 0.15) is 28.7 Å². The number of piperazine rings is 1. The van der Waals surface area contributed by atoms with Crippen molar-refractivity contribution in [1.29, 1.82) is 0 Å². The number of nitrogens with two attached hydrogens (primary N) is 1. The van der Waals surface area contributed by atoms with E-state index in [2.05, 4.69) is 15.6 Å². The lowest BCUT2D eigenvalue weighted by Crippen LogP contribution is -2.89. The summed E-state index contributed by atoms with van der Waals surface area (Å²) in [6.07, 6.45) is 0. The number of phenolic OH excluding ortho intramolecular Hbond substituents is 1. The minimum atomic E-state index is -1.27. The maximum atomic E-state index is 11.2. The number of quaternary nitrogens is 1. The molecular weight excluding hydrogens is 450 g/mol. The van der Waals surface area contributed by atoms with Crippen LogP contribution in [0.3, 0.4) is 0 Å². The van der Waals surface area contributed by atoms with Crippen LogP contribution >= 0.6 is 11.8 Å². The Kier molecular flexibility index (Phi) is 12.5. The van der Waals surface area contributed by atoms with Crippen LogP contribution in [0.4, 0.5) is 0 Å². The molecule has 2 aliphatic rings. The van der Waals surface area contributed by atoms with E-state index in [4.69, 9.17) is 18.9 Å². The predicted molar refractivity (Wildman–Crippen MR) is 124 cm³/mol. The molecule has 3 rings (SSSR count). The number of nitrogens with one attached hydrogen (secondary N) is 1. The van der Waals surface area contributed by atoms with Gasteiger partial charge in [0.05, 0.1) is 52.1 Å². The van der Waals surface area contributed by atoms with Gasteiger partial charge in [-0.1, -0.05) is 0 Å². The first kappa shape index (κ1) is 27.4. The molecule has 0 aromatic heterocycles. The van der Waals surface area contributed by atoms with Crippen LogP contribution in [0, 0.1) is 0 Å². The molecule has 0 amide bonds. The molecule has 1 aromatic carbocycles. The number of ether oxygens (including phenoxy) is 4. The second kappa shape index (κ2) is 15.1. The number of hydrogen-bond donors (Lipinski definition) is 3. The Morgan fingerprint density at radius 1 is 1.18 bits per heavy atom. The third kappa shape index (κ3) is 9.86. The molecule has 4 N–H and O–H groups in total. The summed E-state index contributed by atoms with van der Waals surface area (Å²) in [6, 6.07) is 4.82. The van der Waals surface area contributed by atoms with E-state index in [1.165, 1.54) is 50.9 Å². The maximum absolute atomic E-state index is 11.2. The second-order valence-corrected chi connectivity index (χ2v) is 8.59. The zero-order valence-corrected chi connectivity index (χ0v) is 20.2. The Morgan fingerprint density at radius 3 is 2.36 bits per heavy atom. The fraction of sp³-hybridized carbons (Fsp3) is 0.636. The Morgan fingerprint density at radius 2 is 1.85 bits per heavy atom. The van der Waals surface area contributed by atoms with Gasteiger partial charge < -0.3 is 44.6 Å². The molecule has 0 spiro atoms. The van der Waals surface area contributed by atoms with E-state index in [0.717, 1.165) is 0 Å². The van der Waals surface area contributed by atoms with Crippen LogP contribution in [-0.4, -0.2) is 100 Å². The predicted octanol–water partition coefficient (Wildman–Crippen LogP) is -1.39. The highest BCUT2D eigenvalue weighted by atomic mass is 32.2. The highest BCUT2D eigenvalue weighted by molar-refractivity contribution is 8.14. The van der Waals surface area contributed by atoms with Crippen LogP contribution < -0.4 is 20.5 Å². The second-order valence-electron chi connectivity index (χ2n) is 7.63. The number of thioether (sulfide) groups is 1. The van der Waals surface area contributed by atoms with Crippen molar-refractivity contribution >= 4 is 22.8 Å². The van der Waals surface area contributed by atoms with E-state index in [1.807, 2.05) is 0 Å². The van der Waals surface area contributed by atoms with Gasteiger partial charge in [0, 0.05) is 37.6 Å². The minimum absolute atomic E-state index is 0.0196. The summed E-state index contributed by atoms with van der Waals surface area (Å²) in [5.41, 5.74) is -0.798. The van der Waals surface area contributed by atoms with Crippen molar-refractivity contribution in [2.75, 3.05) is 78.7 Å². The van der Waals surface area contributed by atoms with Crippen LogP contribution in [0.2, 0.25) is 0 Å².